The van der Waals surface area contributed by atoms with Gasteiger partial charge in [0, 0.05) is 31.6 Å². The van der Waals surface area contributed by atoms with Crippen molar-refractivity contribution >= 4 is 23.4 Å². The van der Waals surface area contributed by atoms with Gasteiger partial charge in [-0.1, -0.05) is 26.0 Å². The van der Waals surface area contributed by atoms with Gasteiger partial charge >= 0.3 is 6.01 Å². The molecule has 1 atom stereocenters. The van der Waals surface area contributed by atoms with Gasteiger partial charge in [-0.3, -0.25) is 14.9 Å². The van der Waals surface area contributed by atoms with E-state index < -0.39 is 0 Å². The predicted octanol–water partition coefficient (Wildman–Crippen LogP) is 3.16. The highest BCUT2D eigenvalue weighted by molar-refractivity contribution is 6.07. The largest absolute Gasteiger partial charge is 0.428 e. The SMILES string of the molecule is CC(C)C1CC(=O)c2nc(NC(=O)c3ccccc3N3CCOCC3)oc2C1. The fourth-order valence-electron chi connectivity index (χ4n) is 3.79. The molecule has 1 unspecified atom stereocenters. The molecule has 0 saturated carbocycles. The van der Waals surface area contributed by atoms with Crippen molar-refractivity contribution in [3.8, 4) is 0 Å². The molecular formula is C21H25N3O4. The zero-order valence-corrected chi connectivity index (χ0v) is 16.2. The lowest BCUT2D eigenvalue weighted by Gasteiger charge is -2.30. The quantitative estimate of drug-likeness (QED) is 0.873. The van der Waals surface area contributed by atoms with Gasteiger partial charge in [-0.05, 0) is 24.0 Å². The molecule has 0 bridgehead atoms. The molecule has 148 valence electrons. The number of para-hydroxylation sites is 1. The van der Waals surface area contributed by atoms with E-state index in [0.29, 0.717) is 49.0 Å². The Morgan fingerprint density at radius 3 is 2.71 bits per heavy atom. The third-order valence-electron chi connectivity index (χ3n) is 5.52. The average Bonchev–Trinajstić information content (AvgIpc) is 3.11. The van der Waals surface area contributed by atoms with Gasteiger partial charge in [0.15, 0.2) is 5.78 Å². The number of ether oxygens (including phenoxy) is 1. The van der Waals surface area contributed by atoms with Gasteiger partial charge in [0.1, 0.15) is 11.5 Å². The van der Waals surface area contributed by atoms with Crippen LogP contribution < -0.4 is 10.2 Å². The molecule has 2 aliphatic rings. The highest BCUT2D eigenvalue weighted by Crippen LogP contribution is 2.32. The second kappa shape index (κ2) is 7.75. The summed E-state index contributed by atoms with van der Waals surface area (Å²) in [7, 11) is 0. The van der Waals surface area contributed by atoms with E-state index in [1.807, 2.05) is 18.2 Å². The molecule has 1 aromatic heterocycles. The summed E-state index contributed by atoms with van der Waals surface area (Å²) in [4.78, 5) is 31.7. The Hall–Kier alpha value is -2.67. The van der Waals surface area contributed by atoms with Crippen LogP contribution in [0.25, 0.3) is 0 Å². The van der Waals surface area contributed by atoms with Gasteiger partial charge in [0.2, 0.25) is 0 Å². The molecule has 1 aliphatic carbocycles. The molecule has 1 amide bonds. The highest BCUT2D eigenvalue weighted by Gasteiger charge is 2.32. The Balaban J connectivity index is 1.54. The summed E-state index contributed by atoms with van der Waals surface area (Å²) < 4.78 is 11.1. The van der Waals surface area contributed by atoms with Crippen LogP contribution in [0.5, 0.6) is 0 Å². The van der Waals surface area contributed by atoms with Gasteiger partial charge in [-0.25, -0.2) is 0 Å². The third-order valence-corrected chi connectivity index (χ3v) is 5.52. The lowest BCUT2D eigenvalue weighted by Crippen LogP contribution is -2.37. The monoisotopic (exact) mass is 383 g/mol. The molecule has 1 saturated heterocycles. The second-order valence-corrected chi connectivity index (χ2v) is 7.70. The predicted molar refractivity (Wildman–Crippen MR) is 105 cm³/mol. The lowest BCUT2D eigenvalue weighted by atomic mass is 9.82. The van der Waals surface area contributed by atoms with Crippen molar-refractivity contribution in [2.24, 2.45) is 11.8 Å². The number of ketones is 1. The number of hydrogen-bond acceptors (Lipinski definition) is 6. The Morgan fingerprint density at radius 2 is 1.96 bits per heavy atom. The van der Waals surface area contributed by atoms with E-state index >= 15 is 0 Å². The summed E-state index contributed by atoms with van der Waals surface area (Å²) in [6.07, 6.45) is 1.15. The number of oxazole rings is 1. The maximum Gasteiger partial charge on any atom is 0.302 e. The number of anilines is 2. The van der Waals surface area contributed by atoms with E-state index in [2.05, 4.69) is 29.0 Å². The highest BCUT2D eigenvalue weighted by atomic mass is 16.5. The van der Waals surface area contributed by atoms with E-state index in [9.17, 15) is 9.59 Å². The summed E-state index contributed by atoms with van der Waals surface area (Å²) in [5, 5.41) is 2.73. The maximum absolute atomic E-state index is 12.9. The summed E-state index contributed by atoms with van der Waals surface area (Å²) in [5.74, 6) is 0.900. The number of Topliss-reactive ketones (excluding diaryl/α,β-unsaturated/α-hetero) is 1. The van der Waals surface area contributed by atoms with Gasteiger partial charge in [0.05, 0.1) is 18.8 Å². The Labute approximate surface area is 164 Å². The number of carbonyl (C=O) groups is 2. The smallest absolute Gasteiger partial charge is 0.302 e. The van der Waals surface area contributed by atoms with Crippen LogP contribution in [-0.2, 0) is 11.2 Å². The molecule has 1 fully saturated rings. The van der Waals surface area contributed by atoms with Crippen LogP contribution in [0.1, 0.15) is 46.9 Å². The van der Waals surface area contributed by atoms with Crippen LogP contribution in [0.3, 0.4) is 0 Å². The van der Waals surface area contributed by atoms with E-state index in [1.54, 1.807) is 6.07 Å². The second-order valence-electron chi connectivity index (χ2n) is 7.70. The summed E-state index contributed by atoms with van der Waals surface area (Å²) in [6, 6.07) is 7.54. The number of aromatic nitrogens is 1. The molecule has 2 aromatic rings. The van der Waals surface area contributed by atoms with Gasteiger partial charge in [0.25, 0.3) is 5.91 Å². The number of amides is 1. The minimum atomic E-state index is -0.298. The average molecular weight is 383 g/mol. The van der Waals surface area contributed by atoms with E-state index in [0.717, 1.165) is 18.8 Å². The molecule has 28 heavy (non-hydrogen) atoms. The normalized spacial score (nSPS) is 19.6. The van der Waals surface area contributed by atoms with Gasteiger partial charge in [-0.15, -0.1) is 0 Å². The minimum absolute atomic E-state index is 0.0158. The molecule has 1 aromatic carbocycles. The van der Waals surface area contributed by atoms with Crippen LogP contribution >= 0.6 is 0 Å². The summed E-state index contributed by atoms with van der Waals surface area (Å²) in [6.45, 7) is 6.96. The lowest BCUT2D eigenvalue weighted by molar-refractivity contribution is 0.0922. The molecule has 1 aliphatic heterocycles. The van der Waals surface area contributed by atoms with Crippen molar-refractivity contribution in [1.82, 2.24) is 4.98 Å². The van der Waals surface area contributed by atoms with Gasteiger partial charge in [-0.2, -0.15) is 4.98 Å². The van der Waals surface area contributed by atoms with Gasteiger partial charge < -0.3 is 14.1 Å². The molecule has 1 N–H and O–H groups in total. The van der Waals surface area contributed by atoms with Crippen molar-refractivity contribution in [2.45, 2.75) is 26.7 Å². The maximum atomic E-state index is 12.9. The zero-order valence-electron chi connectivity index (χ0n) is 16.2. The summed E-state index contributed by atoms with van der Waals surface area (Å²) >= 11 is 0. The van der Waals surface area contributed by atoms with E-state index in [4.69, 9.17) is 9.15 Å². The van der Waals surface area contributed by atoms with Crippen LogP contribution in [-0.4, -0.2) is 43.0 Å². The topological polar surface area (TPSA) is 84.7 Å². The number of nitrogens with one attached hydrogen (secondary N) is 1. The van der Waals surface area contributed by atoms with Crippen LogP contribution in [0.15, 0.2) is 28.7 Å². The Bertz CT molecular complexity index is 884. The fraction of sp³-hybridized carbons (Fsp3) is 0.476. The number of morpholine rings is 1. The molecular weight excluding hydrogens is 358 g/mol. The Morgan fingerprint density at radius 1 is 1.21 bits per heavy atom. The van der Waals surface area contributed by atoms with E-state index in [-0.39, 0.29) is 23.6 Å². The number of fused-ring (bicyclic) bond motifs is 1. The standard InChI is InChI=1S/C21H25N3O4/c1-13(2)14-11-17(25)19-18(12-14)28-21(22-19)23-20(26)15-5-3-4-6-16(15)24-7-9-27-10-8-24/h3-6,13-14H,7-12H2,1-2H3,(H,22,23,26). The van der Waals surface area contributed by atoms with Crippen molar-refractivity contribution in [3.05, 3.63) is 41.3 Å². The molecule has 0 radical (unpaired) electrons. The van der Waals surface area contributed by atoms with Crippen molar-refractivity contribution in [2.75, 3.05) is 36.5 Å². The van der Waals surface area contributed by atoms with Crippen molar-refractivity contribution < 1.29 is 18.7 Å². The number of nitrogens with zero attached hydrogens (tertiary/aromatic N) is 2. The molecule has 2 heterocycles. The van der Waals surface area contributed by atoms with E-state index in [1.165, 1.54) is 0 Å². The fourth-order valence-corrected chi connectivity index (χ4v) is 3.79. The first-order valence-corrected chi connectivity index (χ1v) is 9.79. The summed E-state index contributed by atoms with van der Waals surface area (Å²) in [5.41, 5.74) is 1.76. The first-order chi connectivity index (χ1) is 13.5. The number of benzene rings is 1. The Kier molecular flexibility index (Phi) is 5.17. The molecule has 4 rings (SSSR count). The molecule has 7 nitrogen and oxygen atoms in total. The zero-order chi connectivity index (χ0) is 19.7. The van der Waals surface area contributed by atoms with Crippen LogP contribution in [0.2, 0.25) is 0 Å². The van der Waals surface area contributed by atoms with Crippen molar-refractivity contribution in [3.63, 3.8) is 0 Å². The third kappa shape index (κ3) is 3.67. The number of hydrogen-bond donors (Lipinski definition) is 1. The first kappa shape index (κ1) is 18.7. The first-order valence-electron chi connectivity index (χ1n) is 9.79. The van der Waals surface area contributed by atoms with Crippen LogP contribution in [0, 0.1) is 11.8 Å². The minimum Gasteiger partial charge on any atom is -0.428 e. The van der Waals surface area contributed by atoms with Crippen molar-refractivity contribution in [1.29, 1.82) is 0 Å². The molecule has 7 heteroatoms. The number of carbonyl (C=O) groups excluding carboxylic acids is 2. The number of rotatable bonds is 4. The molecule has 0 spiro atoms. The van der Waals surface area contributed by atoms with Crippen LogP contribution in [0.4, 0.5) is 11.7 Å².